The van der Waals surface area contributed by atoms with E-state index in [1.807, 2.05) is 29.2 Å². The number of amides is 2. The summed E-state index contributed by atoms with van der Waals surface area (Å²) in [5, 5.41) is 2.86. The fourth-order valence-electron chi connectivity index (χ4n) is 4.26. The van der Waals surface area contributed by atoms with Gasteiger partial charge in [-0.05, 0) is 49.6 Å². The molecule has 2 fully saturated rings. The zero-order chi connectivity index (χ0) is 19.7. The van der Waals surface area contributed by atoms with E-state index in [2.05, 4.69) is 42.3 Å². The zero-order valence-corrected chi connectivity index (χ0v) is 16.6. The molecule has 2 aliphatic heterocycles. The van der Waals surface area contributed by atoms with Crippen LogP contribution in [0.5, 0.6) is 0 Å². The smallest absolute Gasteiger partial charge is 0.253 e. The molecule has 28 heavy (non-hydrogen) atoms. The first-order chi connectivity index (χ1) is 13.5. The van der Waals surface area contributed by atoms with E-state index in [-0.39, 0.29) is 17.7 Å². The number of benzene rings is 2. The lowest BCUT2D eigenvalue weighted by atomic mass is 9.96. The summed E-state index contributed by atoms with van der Waals surface area (Å²) in [7, 11) is 0. The van der Waals surface area contributed by atoms with Gasteiger partial charge in [0.05, 0.1) is 5.92 Å². The third-order valence-electron chi connectivity index (χ3n) is 5.87. The van der Waals surface area contributed by atoms with Gasteiger partial charge >= 0.3 is 0 Å². The first-order valence-corrected chi connectivity index (χ1v) is 10.0. The van der Waals surface area contributed by atoms with Gasteiger partial charge in [-0.3, -0.25) is 9.59 Å². The number of hydrogen-bond acceptors (Lipinski definition) is 3. The molecule has 2 saturated heterocycles. The summed E-state index contributed by atoms with van der Waals surface area (Å²) in [4.78, 5) is 29.0. The minimum Gasteiger partial charge on any atom is -0.368 e. The lowest BCUT2D eigenvalue weighted by Crippen LogP contribution is -2.49. The Kier molecular flexibility index (Phi) is 5.07. The van der Waals surface area contributed by atoms with Gasteiger partial charge in [-0.15, -0.1) is 0 Å². The highest BCUT2D eigenvalue weighted by atomic mass is 16.2. The summed E-state index contributed by atoms with van der Waals surface area (Å²) in [5.74, 6) is 0.0785. The molecule has 0 radical (unpaired) electrons. The first kappa shape index (κ1) is 18.5. The predicted molar refractivity (Wildman–Crippen MR) is 111 cm³/mol. The van der Waals surface area contributed by atoms with Crippen molar-refractivity contribution in [3.8, 4) is 0 Å². The molecule has 2 aromatic carbocycles. The fraction of sp³-hybridized carbons (Fsp3) is 0.391. The maximum Gasteiger partial charge on any atom is 0.253 e. The van der Waals surface area contributed by atoms with Crippen molar-refractivity contribution in [2.75, 3.05) is 37.6 Å². The molecule has 146 valence electrons. The quantitative estimate of drug-likeness (QED) is 0.895. The second-order valence-electron chi connectivity index (χ2n) is 7.82. The Bertz CT molecular complexity index is 883. The third kappa shape index (κ3) is 3.61. The molecule has 2 amide bonds. The Morgan fingerprint density at radius 2 is 1.71 bits per heavy atom. The standard InChI is InChI=1S/C23H27N3O2/c1-16-3-8-21(17(2)15-16)25-11-13-26(14-12-25)23(28)19-6-4-18(5-7-19)20-9-10-24-22(20)27/h3-8,15,20H,9-14H2,1-2H3,(H,24,27). The summed E-state index contributed by atoms with van der Waals surface area (Å²) in [6.07, 6.45) is 0.826. The van der Waals surface area contributed by atoms with Gasteiger partial charge in [-0.1, -0.05) is 29.8 Å². The number of carbonyl (C=O) groups excluding carboxylic acids is 2. The number of anilines is 1. The van der Waals surface area contributed by atoms with Gasteiger partial charge in [0.25, 0.3) is 5.91 Å². The van der Waals surface area contributed by atoms with E-state index in [9.17, 15) is 9.59 Å². The van der Waals surface area contributed by atoms with Crippen LogP contribution in [0.25, 0.3) is 0 Å². The molecule has 4 rings (SSSR count). The second kappa shape index (κ2) is 7.66. The Morgan fingerprint density at radius 1 is 1.00 bits per heavy atom. The van der Waals surface area contributed by atoms with Crippen molar-refractivity contribution >= 4 is 17.5 Å². The summed E-state index contributed by atoms with van der Waals surface area (Å²) < 4.78 is 0. The molecular weight excluding hydrogens is 350 g/mol. The Hall–Kier alpha value is -2.82. The van der Waals surface area contributed by atoms with Crippen LogP contribution in [0.2, 0.25) is 0 Å². The summed E-state index contributed by atoms with van der Waals surface area (Å²) in [5.41, 5.74) is 5.50. The lowest BCUT2D eigenvalue weighted by Gasteiger charge is -2.37. The number of aryl methyl sites for hydroxylation is 2. The summed E-state index contributed by atoms with van der Waals surface area (Å²) in [6, 6.07) is 14.1. The molecule has 5 nitrogen and oxygen atoms in total. The molecule has 2 aromatic rings. The van der Waals surface area contributed by atoms with Gasteiger partial charge in [-0.2, -0.15) is 0 Å². The van der Waals surface area contributed by atoms with Crippen LogP contribution in [-0.2, 0) is 4.79 Å². The van der Waals surface area contributed by atoms with Crippen LogP contribution in [0.1, 0.15) is 39.4 Å². The van der Waals surface area contributed by atoms with Crippen LogP contribution < -0.4 is 10.2 Å². The van der Waals surface area contributed by atoms with Crippen LogP contribution >= 0.6 is 0 Å². The number of rotatable bonds is 3. The van der Waals surface area contributed by atoms with E-state index < -0.39 is 0 Å². The Morgan fingerprint density at radius 3 is 2.32 bits per heavy atom. The van der Waals surface area contributed by atoms with E-state index in [1.165, 1.54) is 16.8 Å². The van der Waals surface area contributed by atoms with Crippen molar-refractivity contribution in [3.63, 3.8) is 0 Å². The van der Waals surface area contributed by atoms with Crippen molar-refractivity contribution < 1.29 is 9.59 Å². The normalized spacial score (nSPS) is 19.6. The lowest BCUT2D eigenvalue weighted by molar-refractivity contribution is -0.120. The van der Waals surface area contributed by atoms with Crippen LogP contribution in [0.4, 0.5) is 5.69 Å². The van der Waals surface area contributed by atoms with Crippen LogP contribution in [-0.4, -0.2) is 49.4 Å². The SMILES string of the molecule is Cc1ccc(N2CCN(C(=O)c3ccc(C4CCNC4=O)cc3)CC2)c(C)c1. The molecule has 0 aliphatic carbocycles. The largest absolute Gasteiger partial charge is 0.368 e. The summed E-state index contributed by atoms with van der Waals surface area (Å²) in [6.45, 7) is 8.11. The van der Waals surface area contributed by atoms with Crippen LogP contribution in [0.3, 0.4) is 0 Å². The molecular formula is C23H27N3O2. The van der Waals surface area contributed by atoms with Gasteiger partial charge in [-0.25, -0.2) is 0 Å². The average Bonchev–Trinajstić information content (AvgIpc) is 3.14. The van der Waals surface area contributed by atoms with Crippen molar-refractivity contribution in [1.82, 2.24) is 10.2 Å². The molecule has 1 unspecified atom stereocenters. The molecule has 0 saturated carbocycles. The minimum atomic E-state index is -0.0783. The van der Waals surface area contributed by atoms with Crippen molar-refractivity contribution in [2.45, 2.75) is 26.2 Å². The van der Waals surface area contributed by atoms with Gasteiger partial charge in [0, 0.05) is 44.0 Å². The minimum absolute atomic E-state index is 0.0719. The number of piperazine rings is 1. The predicted octanol–water partition coefficient (Wildman–Crippen LogP) is 2.87. The van der Waals surface area contributed by atoms with Crippen molar-refractivity contribution in [2.24, 2.45) is 0 Å². The maximum atomic E-state index is 12.9. The van der Waals surface area contributed by atoms with Gasteiger partial charge < -0.3 is 15.1 Å². The topological polar surface area (TPSA) is 52.6 Å². The van der Waals surface area contributed by atoms with Crippen molar-refractivity contribution in [1.29, 1.82) is 0 Å². The second-order valence-corrected chi connectivity index (χ2v) is 7.82. The van der Waals surface area contributed by atoms with E-state index in [0.717, 1.165) is 44.7 Å². The molecule has 0 bridgehead atoms. The molecule has 2 aliphatic rings. The van der Waals surface area contributed by atoms with E-state index in [1.54, 1.807) is 0 Å². The number of nitrogens with zero attached hydrogens (tertiary/aromatic N) is 2. The molecule has 1 atom stereocenters. The highest BCUT2D eigenvalue weighted by Gasteiger charge is 2.27. The van der Waals surface area contributed by atoms with Gasteiger partial charge in [0.15, 0.2) is 0 Å². The molecule has 0 aromatic heterocycles. The number of carbonyl (C=O) groups is 2. The van der Waals surface area contributed by atoms with Crippen LogP contribution in [0.15, 0.2) is 42.5 Å². The first-order valence-electron chi connectivity index (χ1n) is 10.0. The summed E-state index contributed by atoms with van der Waals surface area (Å²) >= 11 is 0. The Balaban J connectivity index is 1.39. The highest BCUT2D eigenvalue weighted by Crippen LogP contribution is 2.25. The molecule has 0 spiro atoms. The zero-order valence-electron chi connectivity index (χ0n) is 16.6. The fourth-order valence-corrected chi connectivity index (χ4v) is 4.26. The van der Waals surface area contributed by atoms with E-state index in [0.29, 0.717) is 5.56 Å². The number of hydrogen-bond donors (Lipinski definition) is 1. The molecule has 1 N–H and O–H groups in total. The number of nitrogens with one attached hydrogen (secondary N) is 1. The maximum absolute atomic E-state index is 12.9. The van der Waals surface area contributed by atoms with Crippen LogP contribution in [0, 0.1) is 13.8 Å². The van der Waals surface area contributed by atoms with Crippen molar-refractivity contribution in [3.05, 3.63) is 64.7 Å². The Labute approximate surface area is 166 Å². The van der Waals surface area contributed by atoms with E-state index >= 15 is 0 Å². The van der Waals surface area contributed by atoms with E-state index in [4.69, 9.17) is 0 Å². The van der Waals surface area contributed by atoms with Gasteiger partial charge in [0.1, 0.15) is 0 Å². The highest BCUT2D eigenvalue weighted by molar-refractivity contribution is 5.94. The molecule has 2 heterocycles. The third-order valence-corrected chi connectivity index (χ3v) is 5.87. The average molecular weight is 377 g/mol. The monoisotopic (exact) mass is 377 g/mol. The van der Waals surface area contributed by atoms with Gasteiger partial charge in [0.2, 0.25) is 5.91 Å². The molecule has 5 heteroatoms.